The Kier molecular flexibility index (Phi) is 3.50. The van der Waals surface area contributed by atoms with Crippen LogP contribution < -0.4 is 10.6 Å². The molecule has 1 heterocycles. The fourth-order valence-corrected chi connectivity index (χ4v) is 1.87. The Hall–Kier alpha value is -1.32. The molecule has 1 aliphatic rings. The van der Waals surface area contributed by atoms with Gasteiger partial charge in [0.25, 0.3) is 0 Å². The molecule has 1 saturated heterocycles. The first-order valence-electron chi connectivity index (χ1n) is 5.17. The first-order chi connectivity index (χ1) is 6.94. The first kappa shape index (κ1) is 11.8. The molecule has 1 atom stereocenters. The second-order valence-corrected chi connectivity index (χ2v) is 4.56. The van der Waals surface area contributed by atoms with Gasteiger partial charge in [0.05, 0.1) is 0 Å². The van der Waals surface area contributed by atoms with E-state index in [1.54, 1.807) is 0 Å². The van der Waals surface area contributed by atoms with Gasteiger partial charge in [0, 0.05) is 18.0 Å². The molecule has 0 aromatic rings. The topological polar surface area (TPSA) is 58.2 Å². The molecule has 1 fully saturated rings. The van der Waals surface area contributed by atoms with E-state index >= 15 is 0 Å². The zero-order chi connectivity index (χ0) is 11.5. The second kappa shape index (κ2) is 4.47. The minimum absolute atomic E-state index is 0.0186. The molecule has 2 amide bonds. The van der Waals surface area contributed by atoms with Crippen molar-refractivity contribution in [2.24, 2.45) is 5.92 Å². The lowest BCUT2D eigenvalue weighted by atomic mass is 9.94. The summed E-state index contributed by atoms with van der Waals surface area (Å²) >= 11 is 0. The highest BCUT2D eigenvalue weighted by Gasteiger charge is 2.36. The van der Waals surface area contributed by atoms with Gasteiger partial charge in [0.2, 0.25) is 11.8 Å². The van der Waals surface area contributed by atoms with E-state index in [-0.39, 0.29) is 23.3 Å². The monoisotopic (exact) mass is 210 g/mol. The van der Waals surface area contributed by atoms with E-state index < -0.39 is 0 Å². The lowest BCUT2D eigenvalue weighted by molar-refractivity contribution is -0.123. The number of rotatable bonds is 4. The van der Waals surface area contributed by atoms with E-state index in [1.807, 2.05) is 13.8 Å². The van der Waals surface area contributed by atoms with Crippen molar-refractivity contribution in [3.8, 4) is 0 Å². The predicted molar refractivity (Wildman–Crippen MR) is 58.2 cm³/mol. The Labute approximate surface area is 90.1 Å². The van der Waals surface area contributed by atoms with Crippen LogP contribution in [-0.4, -0.2) is 23.9 Å². The van der Waals surface area contributed by atoms with Crippen LogP contribution in [0.3, 0.4) is 0 Å². The maximum absolute atomic E-state index is 11.5. The van der Waals surface area contributed by atoms with Crippen LogP contribution in [0.25, 0.3) is 0 Å². The minimum Gasteiger partial charge on any atom is -0.353 e. The van der Waals surface area contributed by atoms with Gasteiger partial charge in [-0.2, -0.15) is 0 Å². The van der Waals surface area contributed by atoms with Crippen LogP contribution in [0.1, 0.15) is 26.7 Å². The Morgan fingerprint density at radius 3 is 2.87 bits per heavy atom. The maximum Gasteiger partial charge on any atom is 0.243 e. The second-order valence-electron chi connectivity index (χ2n) is 4.56. The Bertz CT molecular complexity index is 284. The molecule has 1 rings (SSSR count). The Morgan fingerprint density at radius 2 is 2.40 bits per heavy atom. The molecule has 0 aromatic heterocycles. The molecular formula is C11H18N2O2. The van der Waals surface area contributed by atoms with Crippen LogP contribution in [0.4, 0.5) is 0 Å². The highest BCUT2D eigenvalue weighted by Crippen LogP contribution is 2.26. The lowest BCUT2D eigenvalue weighted by Gasteiger charge is -2.16. The van der Waals surface area contributed by atoms with E-state index in [0.717, 1.165) is 6.42 Å². The van der Waals surface area contributed by atoms with E-state index in [1.165, 1.54) is 6.08 Å². The maximum atomic E-state index is 11.5. The summed E-state index contributed by atoms with van der Waals surface area (Å²) in [5.74, 6) is -0.0781. The molecule has 0 bridgehead atoms. The average Bonchev–Trinajstić information content (AvgIpc) is 2.39. The number of hydrogen-bond acceptors (Lipinski definition) is 2. The van der Waals surface area contributed by atoms with Crippen molar-refractivity contribution in [3.05, 3.63) is 12.7 Å². The largest absolute Gasteiger partial charge is 0.353 e. The zero-order valence-corrected chi connectivity index (χ0v) is 9.30. The van der Waals surface area contributed by atoms with Gasteiger partial charge >= 0.3 is 0 Å². The number of nitrogens with one attached hydrogen (secondary N) is 2. The first-order valence-corrected chi connectivity index (χ1v) is 5.17. The van der Waals surface area contributed by atoms with Gasteiger partial charge in [-0.25, -0.2) is 0 Å². The number of carbonyl (C=O) groups is 2. The van der Waals surface area contributed by atoms with E-state index in [9.17, 15) is 9.59 Å². The molecule has 0 aromatic carbocycles. The zero-order valence-electron chi connectivity index (χ0n) is 9.30. The molecule has 4 heteroatoms. The molecule has 0 spiro atoms. The third kappa shape index (κ3) is 3.38. The standard InChI is InChI=1S/C11H18N2O2/c1-4-9(14)12-6-5-8-7-11(2,3)13-10(8)15/h4,8H,1,5-7H2,2-3H3,(H,12,14)(H,13,15). The third-order valence-electron chi connectivity index (χ3n) is 2.57. The van der Waals surface area contributed by atoms with Crippen LogP contribution in [0.15, 0.2) is 12.7 Å². The van der Waals surface area contributed by atoms with E-state index in [2.05, 4.69) is 17.2 Å². The van der Waals surface area contributed by atoms with Gasteiger partial charge < -0.3 is 10.6 Å². The molecule has 0 radical (unpaired) electrons. The fourth-order valence-electron chi connectivity index (χ4n) is 1.87. The smallest absolute Gasteiger partial charge is 0.243 e. The summed E-state index contributed by atoms with van der Waals surface area (Å²) in [6, 6.07) is 0. The van der Waals surface area contributed by atoms with Crippen molar-refractivity contribution in [2.45, 2.75) is 32.2 Å². The summed E-state index contributed by atoms with van der Waals surface area (Å²) in [6.45, 7) is 7.90. The summed E-state index contributed by atoms with van der Waals surface area (Å²) in [5, 5.41) is 5.59. The normalized spacial score (nSPS) is 23.3. The summed E-state index contributed by atoms with van der Waals surface area (Å²) in [5.41, 5.74) is -0.107. The van der Waals surface area contributed by atoms with E-state index in [4.69, 9.17) is 0 Å². The molecule has 0 aliphatic carbocycles. The van der Waals surface area contributed by atoms with Crippen LogP contribution >= 0.6 is 0 Å². The van der Waals surface area contributed by atoms with Crippen LogP contribution in [0.2, 0.25) is 0 Å². The van der Waals surface area contributed by atoms with Gasteiger partial charge in [0.15, 0.2) is 0 Å². The summed E-state index contributed by atoms with van der Waals surface area (Å²) < 4.78 is 0. The molecule has 1 aliphatic heterocycles. The summed E-state index contributed by atoms with van der Waals surface area (Å²) in [7, 11) is 0. The SMILES string of the molecule is C=CC(=O)NCCC1CC(C)(C)NC1=O. The summed E-state index contributed by atoms with van der Waals surface area (Å²) in [4.78, 5) is 22.4. The van der Waals surface area contributed by atoms with Crippen molar-refractivity contribution in [1.29, 1.82) is 0 Å². The molecule has 0 saturated carbocycles. The lowest BCUT2D eigenvalue weighted by Crippen LogP contribution is -2.34. The van der Waals surface area contributed by atoms with Gasteiger partial charge in [-0.05, 0) is 32.8 Å². The molecule has 2 N–H and O–H groups in total. The highest BCUT2D eigenvalue weighted by atomic mass is 16.2. The fraction of sp³-hybridized carbons (Fsp3) is 0.636. The Morgan fingerprint density at radius 1 is 1.73 bits per heavy atom. The van der Waals surface area contributed by atoms with Crippen LogP contribution in [0, 0.1) is 5.92 Å². The molecular weight excluding hydrogens is 192 g/mol. The van der Waals surface area contributed by atoms with Gasteiger partial charge in [-0.1, -0.05) is 6.58 Å². The number of hydrogen-bond donors (Lipinski definition) is 2. The number of carbonyl (C=O) groups excluding carboxylic acids is 2. The van der Waals surface area contributed by atoms with Gasteiger partial charge in [-0.3, -0.25) is 9.59 Å². The van der Waals surface area contributed by atoms with Gasteiger partial charge in [-0.15, -0.1) is 0 Å². The van der Waals surface area contributed by atoms with Crippen LogP contribution in [-0.2, 0) is 9.59 Å². The van der Waals surface area contributed by atoms with Crippen molar-refractivity contribution in [1.82, 2.24) is 10.6 Å². The predicted octanol–water partition coefficient (Wildman–Crippen LogP) is 0.593. The third-order valence-corrected chi connectivity index (χ3v) is 2.57. The minimum atomic E-state index is -0.187. The Balaban J connectivity index is 2.31. The van der Waals surface area contributed by atoms with Crippen molar-refractivity contribution in [2.75, 3.05) is 6.54 Å². The molecule has 15 heavy (non-hydrogen) atoms. The molecule has 1 unspecified atom stereocenters. The molecule has 4 nitrogen and oxygen atoms in total. The molecule has 84 valence electrons. The van der Waals surface area contributed by atoms with Crippen molar-refractivity contribution < 1.29 is 9.59 Å². The van der Waals surface area contributed by atoms with Crippen molar-refractivity contribution >= 4 is 11.8 Å². The van der Waals surface area contributed by atoms with Crippen molar-refractivity contribution in [3.63, 3.8) is 0 Å². The van der Waals surface area contributed by atoms with E-state index in [0.29, 0.717) is 13.0 Å². The van der Waals surface area contributed by atoms with Gasteiger partial charge in [0.1, 0.15) is 0 Å². The summed E-state index contributed by atoms with van der Waals surface area (Å²) in [6.07, 6.45) is 2.75. The quantitative estimate of drug-likeness (QED) is 0.667. The average molecular weight is 210 g/mol. The number of amides is 2. The highest BCUT2D eigenvalue weighted by molar-refractivity contribution is 5.87. The van der Waals surface area contributed by atoms with Crippen LogP contribution in [0.5, 0.6) is 0 Å².